The Morgan fingerprint density at radius 3 is 2.46 bits per heavy atom. The molecule has 24 heavy (non-hydrogen) atoms. The van der Waals surface area contributed by atoms with Gasteiger partial charge in [0.15, 0.2) is 12.4 Å². The topological polar surface area (TPSA) is 33.0 Å². The van der Waals surface area contributed by atoms with E-state index in [1.807, 2.05) is 12.1 Å². The number of anilines is 1. The molecule has 2 aromatic rings. The van der Waals surface area contributed by atoms with Gasteiger partial charge in [0.05, 0.1) is 16.3 Å². The number of rotatable bonds is 5. The van der Waals surface area contributed by atoms with Gasteiger partial charge in [-0.15, -0.1) is 0 Å². The molecule has 0 saturated heterocycles. The number of alkyl halides is 3. The lowest BCUT2D eigenvalue weighted by Crippen LogP contribution is -2.39. The molecule has 1 aromatic carbocycles. The number of halogens is 4. The standard InChI is InChI=1S/C17H16ClF3N2O/c1-2-3-12-6-8-23(9-7-12)11-16(24)22-15-10-13(17(19,20)21)4-5-14(15)18/h4-10H,2-3,11H2,1H3/p+1. The van der Waals surface area contributed by atoms with Crippen molar-refractivity contribution in [1.29, 1.82) is 0 Å². The Kier molecular flexibility index (Phi) is 5.83. The number of nitrogens with one attached hydrogen (secondary N) is 1. The summed E-state index contributed by atoms with van der Waals surface area (Å²) in [7, 11) is 0. The fraction of sp³-hybridized carbons (Fsp3) is 0.294. The number of carbonyl (C=O) groups is 1. The Hall–Kier alpha value is -2.08. The lowest BCUT2D eigenvalue weighted by Gasteiger charge is -2.11. The minimum atomic E-state index is -4.49. The number of aromatic nitrogens is 1. The van der Waals surface area contributed by atoms with Gasteiger partial charge >= 0.3 is 6.18 Å². The van der Waals surface area contributed by atoms with Crippen molar-refractivity contribution in [2.75, 3.05) is 5.32 Å². The number of benzene rings is 1. The van der Waals surface area contributed by atoms with Crippen molar-refractivity contribution in [3.05, 3.63) is 58.9 Å². The number of amides is 1. The molecule has 0 spiro atoms. The molecule has 0 unspecified atom stereocenters. The molecule has 0 atom stereocenters. The van der Waals surface area contributed by atoms with Crippen LogP contribution < -0.4 is 9.88 Å². The molecule has 3 nitrogen and oxygen atoms in total. The molecule has 7 heteroatoms. The van der Waals surface area contributed by atoms with Crippen molar-refractivity contribution in [3.8, 4) is 0 Å². The van der Waals surface area contributed by atoms with Gasteiger partial charge in [-0.25, -0.2) is 0 Å². The van der Waals surface area contributed by atoms with Gasteiger partial charge in [0.1, 0.15) is 0 Å². The second-order valence-electron chi connectivity index (χ2n) is 5.37. The van der Waals surface area contributed by atoms with Crippen LogP contribution in [-0.2, 0) is 23.9 Å². The van der Waals surface area contributed by atoms with Gasteiger partial charge in [-0.05, 0) is 30.2 Å². The summed E-state index contributed by atoms with van der Waals surface area (Å²) in [6.07, 6.45) is 1.01. The van der Waals surface area contributed by atoms with E-state index in [1.54, 1.807) is 17.0 Å². The summed E-state index contributed by atoms with van der Waals surface area (Å²) < 4.78 is 39.8. The summed E-state index contributed by atoms with van der Waals surface area (Å²) in [4.78, 5) is 12.0. The van der Waals surface area contributed by atoms with Crippen LogP contribution in [0.2, 0.25) is 5.02 Å². The minimum Gasteiger partial charge on any atom is -0.319 e. The quantitative estimate of drug-likeness (QED) is 0.798. The van der Waals surface area contributed by atoms with Gasteiger partial charge < -0.3 is 5.32 Å². The van der Waals surface area contributed by atoms with E-state index in [2.05, 4.69) is 12.2 Å². The molecule has 0 fully saturated rings. The molecule has 0 saturated carbocycles. The van der Waals surface area contributed by atoms with Crippen LogP contribution in [0.1, 0.15) is 24.5 Å². The van der Waals surface area contributed by atoms with Crippen LogP contribution in [0.15, 0.2) is 42.7 Å². The molecule has 0 aliphatic rings. The summed E-state index contributed by atoms with van der Waals surface area (Å²) in [5, 5.41) is 2.47. The Labute approximate surface area is 143 Å². The van der Waals surface area contributed by atoms with Crippen LogP contribution in [0.3, 0.4) is 0 Å². The second kappa shape index (κ2) is 7.66. The van der Waals surface area contributed by atoms with Crippen LogP contribution in [0.4, 0.5) is 18.9 Å². The van der Waals surface area contributed by atoms with Gasteiger partial charge in [-0.2, -0.15) is 17.7 Å². The van der Waals surface area contributed by atoms with Gasteiger partial charge in [0.25, 0.3) is 5.91 Å². The number of hydrogen-bond donors (Lipinski definition) is 1. The zero-order valence-corrected chi connectivity index (χ0v) is 13.8. The molecule has 0 bridgehead atoms. The maximum Gasteiger partial charge on any atom is 0.416 e. The number of carbonyl (C=O) groups excluding carboxylic acids is 1. The van der Waals surface area contributed by atoms with E-state index in [0.29, 0.717) is 0 Å². The lowest BCUT2D eigenvalue weighted by atomic mass is 10.1. The lowest BCUT2D eigenvalue weighted by molar-refractivity contribution is -0.684. The van der Waals surface area contributed by atoms with Crippen LogP contribution in [0, 0.1) is 0 Å². The van der Waals surface area contributed by atoms with E-state index < -0.39 is 17.6 Å². The van der Waals surface area contributed by atoms with Crippen LogP contribution in [-0.4, -0.2) is 5.91 Å². The van der Waals surface area contributed by atoms with Crippen LogP contribution >= 0.6 is 11.6 Å². The van der Waals surface area contributed by atoms with E-state index in [0.717, 1.165) is 36.6 Å². The van der Waals surface area contributed by atoms with E-state index in [1.165, 1.54) is 0 Å². The molecule has 1 amide bonds. The zero-order chi connectivity index (χ0) is 17.7. The minimum absolute atomic E-state index is 0.0149. The van der Waals surface area contributed by atoms with Gasteiger partial charge in [-0.1, -0.05) is 24.9 Å². The fourth-order valence-corrected chi connectivity index (χ4v) is 2.37. The molecule has 1 N–H and O–H groups in total. The van der Waals surface area contributed by atoms with Crippen molar-refractivity contribution in [3.63, 3.8) is 0 Å². The first-order chi connectivity index (χ1) is 11.3. The largest absolute Gasteiger partial charge is 0.416 e. The maximum atomic E-state index is 12.7. The highest BCUT2D eigenvalue weighted by molar-refractivity contribution is 6.33. The summed E-state index contributed by atoms with van der Waals surface area (Å²) in [5.74, 6) is -0.454. The van der Waals surface area contributed by atoms with Crippen molar-refractivity contribution < 1.29 is 22.5 Å². The van der Waals surface area contributed by atoms with Crippen molar-refractivity contribution in [2.24, 2.45) is 0 Å². The number of aryl methyl sites for hydroxylation is 1. The third-order valence-corrected chi connectivity index (χ3v) is 3.72. The highest BCUT2D eigenvalue weighted by Gasteiger charge is 2.31. The van der Waals surface area contributed by atoms with Crippen LogP contribution in [0.5, 0.6) is 0 Å². The summed E-state index contributed by atoms with van der Waals surface area (Å²) >= 11 is 5.86. The first-order valence-corrected chi connectivity index (χ1v) is 7.82. The SMILES string of the molecule is CCCc1cc[n+](CC(=O)Nc2cc(C(F)(F)F)ccc2Cl)cc1. The number of pyridine rings is 1. The predicted molar refractivity (Wildman–Crippen MR) is 85.7 cm³/mol. The van der Waals surface area contributed by atoms with Gasteiger partial charge in [0.2, 0.25) is 6.54 Å². The maximum absolute atomic E-state index is 12.7. The summed E-state index contributed by atoms with van der Waals surface area (Å²) in [5.41, 5.74) is 0.244. The molecule has 1 heterocycles. The first-order valence-electron chi connectivity index (χ1n) is 7.44. The summed E-state index contributed by atoms with van der Waals surface area (Å²) in [6.45, 7) is 2.06. The Morgan fingerprint density at radius 1 is 1.21 bits per heavy atom. The molecule has 0 aliphatic heterocycles. The zero-order valence-electron chi connectivity index (χ0n) is 13.0. The highest BCUT2D eigenvalue weighted by Crippen LogP contribution is 2.33. The Balaban J connectivity index is 2.06. The molecule has 1 aromatic heterocycles. The molecule has 0 radical (unpaired) electrons. The third kappa shape index (κ3) is 4.96. The smallest absolute Gasteiger partial charge is 0.319 e. The van der Waals surface area contributed by atoms with E-state index in [-0.39, 0.29) is 17.3 Å². The molecule has 2 rings (SSSR count). The predicted octanol–water partition coefficient (Wildman–Crippen LogP) is 4.24. The molecular weight excluding hydrogens is 341 g/mol. The van der Waals surface area contributed by atoms with Crippen molar-refractivity contribution in [2.45, 2.75) is 32.5 Å². The number of hydrogen-bond acceptors (Lipinski definition) is 1. The highest BCUT2D eigenvalue weighted by atomic mass is 35.5. The first kappa shape index (κ1) is 18.3. The molecule has 128 valence electrons. The molecule has 0 aliphatic carbocycles. The Morgan fingerprint density at radius 2 is 1.88 bits per heavy atom. The van der Waals surface area contributed by atoms with E-state index in [9.17, 15) is 18.0 Å². The third-order valence-electron chi connectivity index (χ3n) is 3.39. The normalized spacial score (nSPS) is 11.4. The average Bonchev–Trinajstić information content (AvgIpc) is 2.50. The fourth-order valence-electron chi connectivity index (χ4n) is 2.20. The van der Waals surface area contributed by atoms with Gasteiger partial charge in [-0.3, -0.25) is 4.79 Å². The van der Waals surface area contributed by atoms with Crippen molar-refractivity contribution >= 4 is 23.2 Å². The second-order valence-corrected chi connectivity index (χ2v) is 5.78. The molecular formula is C17H17ClF3N2O+. The number of nitrogens with zero attached hydrogens (tertiary/aromatic N) is 1. The van der Waals surface area contributed by atoms with Gasteiger partial charge in [0, 0.05) is 12.1 Å². The van der Waals surface area contributed by atoms with Crippen LogP contribution in [0.25, 0.3) is 0 Å². The van der Waals surface area contributed by atoms with E-state index >= 15 is 0 Å². The average molecular weight is 358 g/mol. The van der Waals surface area contributed by atoms with E-state index in [4.69, 9.17) is 11.6 Å². The monoisotopic (exact) mass is 357 g/mol. The van der Waals surface area contributed by atoms with Crippen molar-refractivity contribution in [1.82, 2.24) is 0 Å². The summed E-state index contributed by atoms with van der Waals surface area (Å²) in [6, 6.07) is 6.64. The Bertz CT molecular complexity index is 715.